The van der Waals surface area contributed by atoms with Crippen molar-refractivity contribution in [3.63, 3.8) is 0 Å². The predicted octanol–water partition coefficient (Wildman–Crippen LogP) is 2.16. The van der Waals surface area contributed by atoms with Gasteiger partial charge in [-0.05, 0) is 27.2 Å². The van der Waals surface area contributed by atoms with Gasteiger partial charge < -0.3 is 28.4 Å². The summed E-state index contributed by atoms with van der Waals surface area (Å²) in [7, 11) is 1.61. The summed E-state index contributed by atoms with van der Waals surface area (Å²) in [5.41, 5.74) is -0.492. The van der Waals surface area contributed by atoms with E-state index in [0.29, 0.717) is 12.4 Å². The molecular formula is C17H30IN3O6. The topological polar surface area (TPSA) is 115 Å². The number of esters is 2. The Labute approximate surface area is 174 Å². The van der Waals surface area contributed by atoms with Crippen LogP contribution in [0.25, 0.3) is 0 Å². The van der Waals surface area contributed by atoms with Gasteiger partial charge in [-0.2, -0.15) is 0 Å². The molecule has 0 bridgehead atoms. The lowest BCUT2D eigenvalue weighted by Crippen LogP contribution is -2.34. The third kappa shape index (κ3) is 12.3. The highest BCUT2D eigenvalue weighted by Gasteiger charge is 2.21. The highest BCUT2D eigenvalue weighted by molar-refractivity contribution is 14.1. The van der Waals surface area contributed by atoms with Crippen LogP contribution >= 0.6 is 22.9 Å². The van der Waals surface area contributed by atoms with E-state index in [-0.39, 0.29) is 25.1 Å². The second-order valence-corrected chi connectivity index (χ2v) is 7.05. The van der Waals surface area contributed by atoms with Crippen LogP contribution in [0.15, 0.2) is 11.4 Å². The fourth-order valence-electron chi connectivity index (χ4n) is 1.74. The lowest BCUT2D eigenvalue weighted by atomic mass is 10.2. The molecule has 3 N–H and O–H groups in total. The second-order valence-electron chi connectivity index (χ2n) is 6.51. The number of carbonyl (C=O) groups excluding carboxylic acids is 3. The molecule has 0 saturated carbocycles. The minimum absolute atomic E-state index is 0.0648. The molecule has 0 fully saturated rings. The van der Waals surface area contributed by atoms with Crippen LogP contribution in [0.3, 0.4) is 0 Å². The Kier molecular flexibility index (Phi) is 12.6. The van der Waals surface area contributed by atoms with Crippen LogP contribution in [0.1, 0.15) is 47.0 Å². The average molecular weight is 499 g/mol. The first kappa shape index (κ1) is 25.3. The molecule has 27 heavy (non-hydrogen) atoms. The summed E-state index contributed by atoms with van der Waals surface area (Å²) in [4.78, 5) is 35.8. The van der Waals surface area contributed by atoms with Crippen molar-refractivity contribution < 1.29 is 28.6 Å². The summed E-state index contributed by atoms with van der Waals surface area (Å²) in [5.74, 6) is -0.836. The molecule has 0 heterocycles. The SMILES string of the molecule is CCCCOC(=O)C/C(C(=O)OCCNC(=O)OC(C)(C)C)=C(\NC)NI. The minimum Gasteiger partial charge on any atom is -0.465 e. The predicted molar refractivity (Wildman–Crippen MR) is 109 cm³/mol. The molecule has 0 aromatic rings. The molecule has 0 rings (SSSR count). The van der Waals surface area contributed by atoms with Gasteiger partial charge in [0.15, 0.2) is 0 Å². The smallest absolute Gasteiger partial charge is 0.407 e. The number of amides is 1. The Morgan fingerprint density at radius 3 is 2.26 bits per heavy atom. The largest absolute Gasteiger partial charge is 0.465 e. The van der Waals surface area contributed by atoms with Crippen molar-refractivity contribution in [3.8, 4) is 0 Å². The van der Waals surface area contributed by atoms with E-state index in [1.807, 2.05) is 29.8 Å². The summed E-state index contributed by atoms with van der Waals surface area (Å²) in [6.45, 7) is 7.57. The molecule has 0 aromatic carbocycles. The summed E-state index contributed by atoms with van der Waals surface area (Å²) in [6, 6.07) is 0. The third-order valence-corrected chi connectivity index (χ3v) is 3.52. The Morgan fingerprint density at radius 1 is 1.07 bits per heavy atom. The van der Waals surface area contributed by atoms with E-state index in [1.165, 1.54) is 0 Å². The molecule has 1 amide bonds. The molecule has 0 radical (unpaired) electrons. The highest BCUT2D eigenvalue weighted by atomic mass is 127. The van der Waals surface area contributed by atoms with E-state index in [9.17, 15) is 14.4 Å². The van der Waals surface area contributed by atoms with E-state index in [4.69, 9.17) is 14.2 Å². The minimum atomic E-state index is -0.679. The maximum Gasteiger partial charge on any atom is 0.407 e. The van der Waals surface area contributed by atoms with Crippen molar-refractivity contribution in [3.05, 3.63) is 11.4 Å². The van der Waals surface area contributed by atoms with Crippen LogP contribution in [0.5, 0.6) is 0 Å². The van der Waals surface area contributed by atoms with E-state index >= 15 is 0 Å². The number of unbranched alkanes of at least 4 members (excludes halogenated alkanes) is 1. The monoisotopic (exact) mass is 499 g/mol. The normalized spacial score (nSPS) is 11.8. The molecular weight excluding hydrogens is 469 g/mol. The molecule has 0 saturated heterocycles. The van der Waals surface area contributed by atoms with Gasteiger partial charge in [0.2, 0.25) is 0 Å². The molecule has 0 unspecified atom stereocenters. The third-order valence-electron chi connectivity index (χ3n) is 2.98. The molecule has 9 nitrogen and oxygen atoms in total. The molecule has 0 aliphatic carbocycles. The first-order valence-corrected chi connectivity index (χ1v) is 9.79. The number of alkyl carbamates (subject to hydrolysis) is 1. The molecule has 0 aliphatic heterocycles. The lowest BCUT2D eigenvalue weighted by Gasteiger charge is -2.19. The van der Waals surface area contributed by atoms with Crippen molar-refractivity contribution in [2.24, 2.45) is 0 Å². The number of nitrogens with one attached hydrogen (secondary N) is 3. The molecule has 10 heteroatoms. The van der Waals surface area contributed by atoms with Crippen LogP contribution in [-0.4, -0.2) is 50.4 Å². The number of hydrogen-bond acceptors (Lipinski definition) is 8. The van der Waals surface area contributed by atoms with E-state index in [2.05, 4.69) is 14.2 Å². The summed E-state index contributed by atoms with van der Waals surface area (Å²) < 4.78 is 18.1. The Balaban J connectivity index is 4.63. The standard InChI is InChI=1S/C17H30IN3O6/c1-6-7-9-25-13(22)11-12(14(19-5)21-18)15(23)26-10-8-20-16(24)27-17(2,3)4/h19,21H,6-11H2,1-5H3,(H,20,24)/b14-12-. The molecule has 0 atom stereocenters. The number of rotatable bonds is 11. The summed E-state index contributed by atoms with van der Waals surface area (Å²) >= 11 is 1.84. The maximum absolute atomic E-state index is 12.3. The summed E-state index contributed by atoms with van der Waals surface area (Å²) in [6.07, 6.45) is 0.835. The first-order valence-electron chi connectivity index (χ1n) is 8.71. The summed E-state index contributed by atoms with van der Waals surface area (Å²) in [5, 5.41) is 5.29. The van der Waals surface area contributed by atoms with Crippen LogP contribution in [-0.2, 0) is 23.8 Å². The van der Waals surface area contributed by atoms with Crippen molar-refractivity contribution in [2.75, 3.05) is 26.8 Å². The van der Waals surface area contributed by atoms with Crippen LogP contribution < -0.4 is 14.2 Å². The fraction of sp³-hybridized carbons (Fsp3) is 0.706. The second kappa shape index (κ2) is 13.4. The number of hydrogen-bond donors (Lipinski definition) is 3. The van der Waals surface area contributed by atoms with Gasteiger partial charge in [-0.15, -0.1) is 0 Å². The zero-order valence-corrected chi connectivity index (χ0v) is 18.7. The Morgan fingerprint density at radius 2 is 1.74 bits per heavy atom. The molecule has 156 valence electrons. The van der Waals surface area contributed by atoms with E-state index < -0.39 is 23.6 Å². The quantitative estimate of drug-likeness (QED) is 0.0990. The van der Waals surface area contributed by atoms with Crippen LogP contribution in [0, 0.1) is 0 Å². The molecule has 0 aromatic heterocycles. The van der Waals surface area contributed by atoms with Gasteiger partial charge in [0.1, 0.15) is 18.0 Å². The maximum atomic E-state index is 12.3. The van der Waals surface area contributed by atoms with E-state index in [0.717, 1.165) is 12.8 Å². The Hall–Kier alpha value is -1.72. The highest BCUT2D eigenvalue weighted by Crippen LogP contribution is 2.11. The van der Waals surface area contributed by atoms with Crippen molar-refractivity contribution in [1.29, 1.82) is 0 Å². The van der Waals surface area contributed by atoms with Crippen molar-refractivity contribution in [1.82, 2.24) is 14.2 Å². The lowest BCUT2D eigenvalue weighted by molar-refractivity contribution is -0.146. The van der Waals surface area contributed by atoms with E-state index in [1.54, 1.807) is 27.8 Å². The molecule has 0 aliphatic rings. The number of ether oxygens (including phenoxy) is 3. The zero-order valence-electron chi connectivity index (χ0n) is 16.6. The average Bonchev–Trinajstić information content (AvgIpc) is 2.57. The van der Waals surface area contributed by atoms with Gasteiger partial charge in [-0.25, -0.2) is 9.59 Å². The van der Waals surface area contributed by atoms with Crippen LogP contribution in [0.2, 0.25) is 0 Å². The van der Waals surface area contributed by atoms with Gasteiger partial charge in [0.25, 0.3) is 0 Å². The van der Waals surface area contributed by atoms with Gasteiger partial charge in [-0.3, -0.25) is 4.79 Å². The molecule has 0 spiro atoms. The zero-order chi connectivity index (χ0) is 20.9. The van der Waals surface area contributed by atoms with Gasteiger partial charge >= 0.3 is 18.0 Å². The van der Waals surface area contributed by atoms with Gasteiger partial charge in [0.05, 0.1) is 48.0 Å². The van der Waals surface area contributed by atoms with Crippen LogP contribution in [0.4, 0.5) is 4.79 Å². The fourth-order valence-corrected chi connectivity index (χ4v) is 2.34. The number of halogens is 1. The van der Waals surface area contributed by atoms with Crippen molar-refractivity contribution in [2.45, 2.75) is 52.6 Å². The van der Waals surface area contributed by atoms with Crippen molar-refractivity contribution >= 4 is 40.9 Å². The van der Waals surface area contributed by atoms with Gasteiger partial charge in [-0.1, -0.05) is 13.3 Å². The van der Waals surface area contributed by atoms with Gasteiger partial charge in [0, 0.05) is 7.05 Å². The first-order chi connectivity index (χ1) is 12.6. The number of carbonyl (C=O) groups is 3. The Bertz CT molecular complexity index is 525.